The molecule has 0 aliphatic rings. The SMILES string of the molecule is CCOC(Cc1ccc(C#N)cc1[N+](=O)[O-])(C(N)=O)c1ccc(OC)cc1F. The summed E-state index contributed by atoms with van der Waals surface area (Å²) in [5, 5.41) is 20.4. The van der Waals surface area contributed by atoms with Crippen LogP contribution in [0.5, 0.6) is 5.75 Å². The number of primary amides is 1. The lowest BCUT2D eigenvalue weighted by atomic mass is 9.85. The van der Waals surface area contributed by atoms with Crippen LogP contribution in [0, 0.1) is 27.3 Å². The van der Waals surface area contributed by atoms with Crippen molar-refractivity contribution < 1.29 is 23.6 Å². The zero-order chi connectivity index (χ0) is 20.9. The highest BCUT2D eigenvalue weighted by Crippen LogP contribution is 2.36. The van der Waals surface area contributed by atoms with Crippen LogP contribution in [-0.2, 0) is 21.6 Å². The fourth-order valence-corrected chi connectivity index (χ4v) is 2.93. The van der Waals surface area contributed by atoms with E-state index in [1.54, 1.807) is 6.92 Å². The molecule has 2 aromatic carbocycles. The van der Waals surface area contributed by atoms with Crippen molar-refractivity contribution in [1.29, 1.82) is 5.26 Å². The van der Waals surface area contributed by atoms with Crippen LogP contribution in [-0.4, -0.2) is 24.5 Å². The molecule has 0 spiro atoms. The summed E-state index contributed by atoms with van der Waals surface area (Å²) in [5.41, 5.74) is 3.19. The lowest BCUT2D eigenvalue weighted by Gasteiger charge is -2.31. The van der Waals surface area contributed by atoms with Gasteiger partial charge in [0.05, 0.1) is 23.7 Å². The van der Waals surface area contributed by atoms with Gasteiger partial charge in [-0.2, -0.15) is 5.26 Å². The summed E-state index contributed by atoms with van der Waals surface area (Å²) < 4.78 is 25.3. The third-order valence-corrected chi connectivity index (χ3v) is 4.25. The molecule has 1 unspecified atom stereocenters. The maximum absolute atomic E-state index is 14.8. The average molecular weight is 387 g/mol. The van der Waals surface area contributed by atoms with Gasteiger partial charge in [0.2, 0.25) is 0 Å². The van der Waals surface area contributed by atoms with Crippen LogP contribution >= 0.6 is 0 Å². The van der Waals surface area contributed by atoms with E-state index in [0.29, 0.717) is 0 Å². The number of nitrogens with zero attached hydrogens (tertiary/aromatic N) is 2. The minimum Gasteiger partial charge on any atom is -0.497 e. The quantitative estimate of drug-likeness (QED) is 0.547. The number of ether oxygens (including phenoxy) is 2. The van der Waals surface area contributed by atoms with Crippen molar-refractivity contribution in [3.8, 4) is 11.8 Å². The molecular weight excluding hydrogens is 369 g/mol. The topological polar surface area (TPSA) is 128 Å². The van der Waals surface area contributed by atoms with Gasteiger partial charge in [-0.1, -0.05) is 6.07 Å². The molecule has 9 heteroatoms. The van der Waals surface area contributed by atoms with Crippen molar-refractivity contribution in [3.63, 3.8) is 0 Å². The summed E-state index contributed by atoms with van der Waals surface area (Å²) in [6, 6.07) is 9.38. The van der Waals surface area contributed by atoms with Crippen LogP contribution < -0.4 is 10.5 Å². The molecule has 1 amide bonds. The minimum atomic E-state index is -1.98. The second-order valence-electron chi connectivity index (χ2n) is 5.86. The van der Waals surface area contributed by atoms with E-state index >= 15 is 0 Å². The number of nitro groups is 1. The molecule has 0 fully saturated rings. The third-order valence-electron chi connectivity index (χ3n) is 4.25. The number of halogens is 1. The second kappa shape index (κ2) is 8.45. The molecule has 2 aromatic rings. The van der Waals surface area contributed by atoms with Crippen LogP contribution in [0.15, 0.2) is 36.4 Å². The van der Waals surface area contributed by atoms with E-state index in [0.717, 1.165) is 12.1 Å². The molecular formula is C19H18FN3O5. The number of hydrogen-bond donors (Lipinski definition) is 1. The number of rotatable bonds is 8. The van der Waals surface area contributed by atoms with E-state index in [4.69, 9.17) is 20.5 Å². The van der Waals surface area contributed by atoms with Crippen molar-refractivity contribution >= 4 is 11.6 Å². The number of hydrogen-bond acceptors (Lipinski definition) is 6. The Morgan fingerprint density at radius 2 is 2.07 bits per heavy atom. The Morgan fingerprint density at radius 1 is 1.36 bits per heavy atom. The van der Waals surface area contributed by atoms with Gasteiger partial charge in [0.1, 0.15) is 11.6 Å². The van der Waals surface area contributed by atoms with Crippen LogP contribution in [0.4, 0.5) is 10.1 Å². The van der Waals surface area contributed by atoms with E-state index in [-0.39, 0.29) is 35.5 Å². The standard InChI is InChI=1S/C19H18FN3O5/c1-3-28-19(18(22)24,15-7-6-14(27-2)9-16(15)20)10-13-5-4-12(11-21)8-17(13)23(25)26/h4-9H,3,10H2,1-2H3,(H2,22,24). The fraction of sp³-hybridized carbons (Fsp3) is 0.263. The lowest BCUT2D eigenvalue weighted by molar-refractivity contribution is -0.385. The molecule has 0 saturated carbocycles. The van der Waals surface area contributed by atoms with E-state index < -0.39 is 27.9 Å². The predicted octanol–water partition coefficient (Wildman–Crippen LogP) is 2.57. The van der Waals surface area contributed by atoms with E-state index in [1.165, 1.54) is 31.4 Å². The number of benzene rings is 2. The maximum Gasteiger partial charge on any atom is 0.274 e. The number of carbonyl (C=O) groups excluding carboxylic acids is 1. The third kappa shape index (κ3) is 3.92. The first kappa shape index (κ1) is 20.8. The number of nitro benzene ring substituents is 1. The first-order valence-corrected chi connectivity index (χ1v) is 8.24. The number of amides is 1. The zero-order valence-electron chi connectivity index (χ0n) is 15.3. The Kier molecular flexibility index (Phi) is 6.28. The highest BCUT2D eigenvalue weighted by atomic mass is 19.1. The van der Waals surface area contributed by atoms with Crippen LogP contribution in [0.1, 0.15) is 23.6 Å². The zero-order valence-corrected chi connectivity index (χ0v) is 15.3. The number of carbonyl (C=O) groups is 1. The van der Waals surface area contributed by atoms with Crippen molar-refractivity contribution in [1.82, 2.24) is 0 Å². The van der Waals surface area contributed by atoms with Crippen molar-refractivity contribution in [3.05, 3.63) is 69.0 Å². The number of nitrogens with two attached hydrogens (primary N) is 1. The largest absolute Gasteiger partial charge is 0.497 e. The van der Waals surface area contributed by atoms with Gasteiger partial charge in [0.25, 0.3) is 11.6 Å². The van der Waals surface area contributed by atoms with Gasteiger partial charge >= 0.3 is 0 Å². The van der Waals surface area contributed by atoms with E-state index in [9.17, 15) is 19.3 Å². The first-order chi connectivity index (χ1) is 13.3. The van der Waals surface area contributed by atoms with E-state index in [1.807, 2.05) is 6.07 Å². The fourth-order valence-electron chi connectivity index (χ4n) is 2.93. The minimum absolute atomic E-state index is 0.00150. The number of nitriles is 1. The normalized spacial score (nSPS) is 12.6. The Bertz CT molecular complexity index is 957. The monoisotopic (exact) mass is 387 g/mol. The second-order valence-corrected chi connectivity index (χ2v) is 5.86. The summed E-state index contributed by atoms with van der Waals surface area (Å²) >= 11 is 0. The Hall–Kier alpha value is -3.51. The molecule has 0 aromatic heterocycles. The Morgan fingerprint density at radius 3 is 2.57 bits per heavy atom. The highest BCUT2D eigenvalue weighted by Gasteiger charge is 2.43. The first-order valence-electron chi connectivity index (χ1n) is 8.24. The molecule has 0 aliphatic carbocycles. The molecule has 146 valence electrons. The van der Waals surface area contributed by atoms with Crippen molar-refractivity contribution in [2.75, 3.05) is 13.7 Å². The smallest absolute Gasteiger partial charge is 0.274 e. The summed E-state index contributed by atoms with van der Waals surface area (Å²) in [5.74, 6) is -1.58. The molecule has 8 nitrogen and oxygen atoms in total. The lowest BCUT2D eigenvalue weighted by Crippen LogP contribution is -2.46. The van der Waals surface area contributed by atoms with Gasteiger partial charge in [-0.3, -0.25) is 14.9 Å². The van der Waals surface area contributed by atoms with Gasteiger partial charge in [-0.25, -0.2) is 4.39 Å². The molecule has 1 atom stereocenters. The van der Waals surface area contributed by atoms with Crippen LogP contribution in [0.3, 0.4) is 0 Å². The Labute approximate surface area is 160 Å². The summed E-state index contributed by atoms with van der Waals surface area (Å²) in [6.45, 7) is 1.59. The van der Waals surface area contributed by atoms with E-state index in [2.05, 4.69) is 0 Å². The maximum atomic E-state index is 14.8. The average Bonchev–Trinajstić information content (AvgIpc) is 2.67. The van der Waals surface area contributed by atoms with Crippen LogP contribution in [0.25, 0.3) is 0 Å². The summed E-state index contributed by atoms with van der Waals surface area (Å²) in [7, 11) is 1.36. The molecule has 2 N–H and O–H groups in total. The van der Waals surface area contributed by atoms with Crippen molar-refractivity contribution in [2.45, 2.75) is 18.9 Å². The van der Waals surface area contributed by atoms with Gasteiger partial charge in [0, 0.05) is 36.3 Å². The van der Waals surface area contributed by atoms with Crippen LogP contribution in [0.2, 0.25) is 0 Å². The molecule has 0 bridgehead atoms. The molecule has 0 heterocycles. The Balaban J connectivity index is 2.68. The van der Waals surface area contributed by atoms with Gasteiger partial charge in [0.15, 0.2) is 5.60 Å². The molecule has 2 rings (SSSR count). The molecule has 0 aliphatic heterocycles. The van der Waals surface area contributed by atoms with Gasteiger partial charge < -0.3 is 15.2 Å². The summed E-state index contributed by atoms with van der Waals surface area (Å²) in [4.78, 5) is 23.2. The molecule has 28 heavy (non-hydrogen) atoms. The molecule has 0 saturated heterocycles. The molecule has 0 radical (unpaired) electrons. The highest BCUT2D eigenvalue weighted by molar-refractivity contribution is 5.86. The van der Waals surface area contributed by atoms with Gasteiger partial charge in [-0.05, 0) is 25.1 Å². The van der Waals surface area contributed by atoms with Crippen molar-refractivity contribution in [2.24, 2.45) is 5.73 Å². The van der Waals surface area contributed by atoms with Gasteiger partial charge in [-0.15, -0.1) is 0 Å². The predicted molar refractivity (Wildman–Crippen MR) is 97.0 cm³/mol. The summed E-state index contributed by atoms with van der Waals surface area (Å²) in [6.07, 6.45) is -0.387. The number of methoxy groups -OCH3 is 1.